The van der Waals surface area contributed by atoms with Gasteiger partial charge in [0.1, 0.15) is 0 Å². The Labute approximate surface area is 280 Å². The van der Waals surface area contributed by atoms with Crippen LogP contribution < -0.4 is 0 Å². The second kappa shape index (κ2) is 11.3. The van der Waals surface area contributed by atoms with E-state index in [0.29, 0.717) is 0 Å². The minimum atomic E-state index is 1.15. The van der Waals surface area contributed by atoms with Crippen molar-refractivity contribution >= 4 is 59.7 Å². The van der Waals surface area contributed by atoms with Crippen LogP contribution in [0.1, 0.15) is 12.5 Å². The van der Waals surface area contributed by atoms with Crippen LogP contribution in [0.5, 0.6) is 0 Å². The van der Waals surface area contributed by atoms with Gasteiger partial charge in [-0.05, 0) is 110 Å². The molecule has 0 spiro atoms. The standard InChI is InChI=1S/C47H33N/c1-3-31(4-2)34-16-17-36-28-37(19-18-35(36)27-34)39-20-23-43-41(29-39)22-25-45-44-24-21-40(38-15-14-32-10-8-9-11-33(32)26-38)30-46(44)48(47(43)45)42-12-6-5-7-13-42/h3-30H,1H2,2H3/b31-4+. The molecule has 0 fully saturated rings. The van der Waals surface area contributed by atoms with Gasteiger partial charge in [-0.2, -0.15) is 0 Å². The number of fused-ring (bicyclic) bond motifs is 7. The van der Waals surface area contributed by atoms with Crippen LogP contribution in [-0.2, 0) is 0 Å². The lowest BCUT2D eigenvalue weighted by molar-refractivity contribution is 1.19. The van der Waals surface area contributed by atoms with Gasteiger partial charge in [0.05, 0.1) is 11.0 Å². The van der Waals surface area contributed by atoms with E-state index in [1.54, 1.807) is 0 Å². The number of hydrogen-bond donors (Lipinski definition) is 0. The highest BCUT2D eigenvalue weighted by atomic mass is 15.0. The first-order chi connectivity index (χ1) is 23.7. The highest BCUT2D eigenvalue weighted by molar-refractivity contribution is 6.19. The molecule has 0 aliphatic rings. The summed E-state index contributed by atoms with van der Waals surface area (Å²) in [6, 6.07) is 58.0. The molecule has 1 aromatic heterocycles. The molecule has 8 aromatic carbocycles. The molecule has 1 heteroatoms. The Balaban J connectivity index is 1.21. The molecule has 0 aliphatic heterocycles. The van der Waals surface area contributed by atoms with Gasteiger partial charge in [0.25, 0.3) is 0 Å². The molecular weight excluding hydrogens is 579 g/mol. The fourth-order valence-corrected chi connectivity index (χ4v) is 7.42. The molecule has 0 saturated carbocycles. The summed E-state index contributed by atoms with van der Waals surface area (Å²) in [5, 5.41) is 9.99. The SMILES string of the molecule is C=C/C(=C\C)c1ccc2cc(-c3ccc4c(ccc5c6ccc(-c7ccc8ccccc8c7)cc6n(-c6ccccc6)c45)c3)ccc2c1. The normalized spacial score (nSPS) is 12.1. The average molecular weight is 612 g/mol. The smallest absolute Gasteiger partial charge is 0.0619 e. The topological polar surface area (TPSA) is 4.93 Å². The first-order valence-corrected chi connectivity index (χ1v) is 16.6. The van der Waals surface area contributed by atoms with E-state index in [1.165, 1.54) is 81.9 Å². The lowest BCUT2D eigenvalue weighted by Gasteiger charge is -2.12. The van der Waals surface area contributed by atoms with E-state index >= 15 is 0 Å². The second-order valence-corrected chi connectivity index (χ2v) is 12.6. The molecule has 0 amide bonds. The van der Waals surface area contributed by atoms with E-state index < -0.39 is 0 Å². The van der Waals surface area contributed by atoms with E-state index in [9.17, 15) is 0 Å². The molecule has 0 atom stereocenters. The van der Waals surface area contributed by atoms with Gasteiger partial charge in [-0.3, -0.25) is 0 Å². The molecule has 0 N–H and O–H groups in total. The first-order valence-electron chi connectivity index (χ1n) is 16.6. The number of rotatable bonds is 5. The summed E-state index contributed by atoms with van der Waals surface area (Å²) in [6.07, 6.45) is 4.03. The van der Waals surface area contributed by atoms with Crippen molar-refractivity contribution in [2.75, 3.05) is 0 Å². The molecule has 9 rings (SSSR count). The summed E-state index contributed by atoms with van der Waals surface area (Å²) in [7, 11) is 0. The molecule has 1 heterocycles. The van der Waals surface area contributed by atoms with E-state index in [1.807, 2.05) is 6.08 Å². The van der Waals surface area contributed by atoms with Crippen LogP contribution in [-0.4, -0.2) is 4.57 Å². The molecule has 0 saturated heterocycles. The largest absolute Gasteiger partial charge is 0.309 e. The molecule has 0 bridgehead atoms. The highest BCUT2D eigenvalue weighted by Crippen LogP contribution is 2.40. The Bertz CT molecular complexity index is 2740. The summed E-state index contributed by atoms with van der Waals surface area (Å²) < 4.78 is 2.45. The van der Waals surface area contributed by atoms with E-state index in [-0.39, 0.29) is 0 Å². The quantitative estimate of drug-likeness (QED) is 0.171. The molecule has 226 valence electrons. The van der Waals surface area contributed by atoms with Crippen molar-refractivity contribution in [3.63, 3.8) is 0 Å². The van der Waals surface area contributed by atoms with Crippen LogP contribution in [0.2, 0.25) is 0 Å². The van der Waals surface area contributed by atoms with Gasteiger partial charge in [0, 0.05) is 21.8 Å². The zero-order valence-corrected chi connectivity index (χ0v) is 26.8. The van der Waals surface area contributed by atoms with Crippen LogP contribution >= 0.6 is 0 Å². The van der Waals surface area contributed by atoms with E-state index in [0.717, 1.165) is 11.3 Å². The number of allylic oxidation sites excluding steroid dienone is 3. The van der Waals surface area contributed by atoms with Gasteiger partial charge in [-0.1, -0.05) is 134 Å². The summed E-state index contributed by atoms with van der Waals surface area (Å²) in [6.45, 7) is 6.03. The van der Waals surface area contributed by atoms with E-state index in [2.05, 4.69) is 182 Å². The Morgan fingerprint density at radius 3 is 1.77 bits per heavy atom. The predicted molar refractivity (Wildman–Crippen MR) is 208 cm³/mol. The van der Waals surface area contributed by atoms with Gasteiger partial charge in [-0.15, -0.1) is 0 Å². The third-order valence-electron chi connectivity index (χ3n) is 9.88. The number of aromatic nitrogens is 1. The molecule has 0 unspecified atom stereocenters. The number of nitrogens with zero attached hydrogens (tertiary/aromatic N) is 1. The van der Waals surface area contributed by atoms with Crippen molar-refractivity contribution in [1.82, 2.24) is 4.57 Å². The fourth-order valence-electron chi connectivity index (χ4n) is 7.42. The van der Waals surface area contributed by atoms with Crippen LogP contribution in [0.4, 0.5) is 0 Å². The summed E-state index contributed by atoms with van der Waals surface area (Å²) in [4.78, 5) is 0. The number of hydrogen-bond acceptors (Lipinski definition) is 0. The molecule has 0 radical (unpaired) electrons. The van der Waals surface area contributed by atoms with Gasteiger partial charge < -0.3 is 4.57 Å². The molecular formula is C47H33N. The Morgan fingerprint density at radius 1 is 0.479 bits per heavy atom. The summed E-state index contributed by atoms with van der Waals surface area (Å²) >= 11 is 0. The van der Waals surface area contributed by atoms with Crippen molar-refractivity contribution in [1.29, 1.82) is 0 Å². The minimum Gasteiger partial charge on any atom is -0.309 e. The number of para-hydroxylation sites is 1. The van der Waals surface area contributed by atoms with Crippen LogP contribution in [0.3, 0.4) is 0 Å². The molecule has 48 heavy (non-hydrogen) atoms. The first kappa shape index (κ1) is 28.1. The van der Waals surface area contributed by atoms with Gasteiger partial charge in [0.2, 0.25) is 0 Å². The zero-order chi connectivity index (χ0) is 32.2. The molecule has 1 nitrogen and oxygen atoms in total. The van der Waals surface area contributed by atoms with Gasteiger partial charge in [-0.25, -0.2) is 0 Å². The third-order valence-corrected chi connectivity index (χ3v) is 9.88. The Kier molecular flexibility index (Phi) is 6.59. The minimum absolute atomic E-state index is 1.15. The van der Waals surface area contributed by atoms with Crippen molar-refractivity contribution in [3.8, 4) is 27.9 Å². The van der Waals surface area contributed by atoms with Crippen molar-refractivity contribution in [3.05, 3.63) is 182 Å². The zero-order valence-electron chi connectivity index (χ0n) is 26.8. The third kappa shape index (κ3) is 4.55. The predicted octanol–water partition coefficient (Wildman–Crippen LogP) is 13.2. The fraction of sp³-hybridized carbons (Fsp3) is 0.0213. The van der Waals surface area contributed by atoms with Gasteiger partial charge >= 0.3 is 0 Å². The number of benzene rings is 8. The molecule has 0 aliphatic carbocycles. The average Bonchev–Trinajstić information content (AvgIpc) is 3.49. The van der Waals surface area contributed by atoms with Crippen molar-refractivity contribution in [2.24, 2.45) is 0 Å². The molecule has 9 aromatic rings. The van der Waals surface area contributed by atoms with E-state index in [4.69, 9.17) is 0 Å². The second-order valence-electron chi connectivity index (χ2n) is 12.6. The van der Waals surface area contributed by atoms with Crippen LogP contribution in [0.25, 0.3) is 87.6 Å². The monoisotopic (exact) mass is 611 g/mol. The highest BCUT2D eigenvalue weighted by Gasteiger charge is 2.17. The summed E-state index contributed by atoms with van der Waals surface area (Å²) in [5.41, 5.74) is 10.8. The maximum absolute atomic E-state index is 3.98. The summed E-state index contributed by atoms with van der Waals surface area (Å²) in [5.74, 6) is 0. The Morgan fingerprint density at radius 2 is 1.02 bits per heavy atom. The van der Waals surface area contributed by atoms with Gasteiger partial charge in [0.15, 0.2) is 0 Å². The van der Waals surface area contributed by atoms with Crippen molar-refractivity contribution in [2.45, 2.75) is 6.92 Å². The lowest BCUT2D eigenvalue weighted by Crippen LogP contribution is -1.94. The maximum Gasteiger partial charge on any atom is 0.0619 e. The lowest BCUT2D eigenvalue weighted by atomic mass is 9.96. The van der Waals surface area contributed by atoms with Crippen LogP contribution in [0, 0.1) is 0 Å². The Hall–Kier alpha value is -6.18. The maximum atomic E-state index is 3.98. The van der Waals surface area contributed by atoms with Crippen molar-refractivity contribution < 1.29 is 0 Å². The van der Waals surface area contributed by atoms with Crippen LogP contribution in [0.15, 0.2) is 176 Å².